The molecule has 9 rings (SSSR count). The Kier molecular flexibility index (Phi) is 7.22. The summed E-state index contributed by atoms with van der Waals surface area (Å²) in [5.74, 6) is 0. The molecular formula is C48H33N. The minimum absolute atomic E-state index is 1.11. The summed E-state index contributed by atoms with van der Waals surface area (Å²) in [7, 11) is 0. The van der Waals surface area contributed by atoms with Crippen molar-refractivity contribution >= 4 is 49.4 Å². The summed E-state index contributed by atoms with van der Waals surface area (Å²) in [6.07, 6.45) is 0. The lowest BCUT2D eigenvalue weighted by Gasteiger charge is -2.26. The Morgan fingerprint density at radius 3 is 1.35 bits per heavy atom. The van der Waals surface area contributed by atoms with Crippen molar-refractivity contribution in [3.8, 4) is 33.4 Å². The van der Waals surface area contributed by atoms with E-state index in [0.29, 0.717) is 0 Å². The fourth-order valence-electron chi connectivity index (χ4n) is 7.15. The highest BCUT2D eigenvalue weighted by molar-refractivity contribution is 6.14. The van der Waals surface area contributed by atoms with Gasteiger partial charge in [0.15, 0.2) is 0 Å². The van der Waals surface area contributed by atoms with Gasteiger partial charge in [-0.25, -0.2) is 0 Å². The van der Waals surface area contributed by atoms with Crippen LogP contribution in [0.3, 0.4) is 0 Å². The monoisotopic (exact) mass is 623 g/mol. The second kappa shape index (κ2) is 12.3. The fourth-order valence-corrected chi connectivity index (χ4v) is 7.15. The molecule has 230 valence electrons. The van der Waals surface area contributed by atoms with Gasteiger partial charge >= 0.3 is 0 Å². The number of anilines is 3. The van der Waals surface area contributed by atoms with Gasteiger partial charge in [-0.2, -0.15) is 0 Å². The molecule has 0 saturated heterocycles. The van der Waals surface area contributed by atoms with Gasteiger partial charge in [-0.05, 0) is 114 Å². The number of benzene rings is 9. The third-order valence-corrected chi connectivity index (χ3v) is 9.63. The van der Waals surface area contributed by atoms with Crippen molar-refractivity contribution in [2.75, 3.05) is 4.90 Å². The highest BCUT2D eigenvalue weighted by Crippen LogP contribution is 2.40. The molecule has 0 fully saturated rings. The summed E-state index contributed by atoms with van der Waals surface area (Å²) >= 11 is 0. The van der Waals surface area contributed by atoms with E-state index in [1.807, 2.05) is 0 Å². The van der Waals surface area contributed by atoms with E-state index >= 15 is 0 Å². The van der Waals surface area contributed by atoms with Gasteiger partial charge in [0.2, 0.25) is 0 Å². The van der Waals surface area contributed by atoms with Crippen LogP contribution < -0.4 is 4.90 Å². The molecule has 0 amide bonds. The maximum absolute atomic E-state index is 2.36. The molecule has 1 heteroatoms. The Balaban J connectivity index is 1.17. The SMILES string of the molecule is c1ccc(-c2ccc(N(c3ccc(-c4ccccc4)cc3)c3ccc4ccc(-c5cc6ccccc6c6ccccc56)cc4c3)cc2)cc1. The number of hydrogen-bond donors (Lipinski definition) is 0. The van der Waals surface area contributed by atoms with Crippen LogP contribution in [0.15, 0.2) is 200 Å². The zero-order valence-corrected chi connectivity index (χ0v) is 27.0. The molecule has 1 nitrogen and oxygen atoms in total. The fraction of sp³-hybridized carbons (Fsp3) is 0. The third-order valence-electron chi connectivity index (χ3n) is 9.63. The average Bonchev–Trinajstić information content (AvgIpc) is 3.19. The van der Waals surface area contributed by atoms with Gasteiger partial charge in [0.05, 0.1) is 0 Å². The first-order valence-electron chi connectivity index (χ1n) is 16.8. The van der Waals surface area contributed by atoms with Crippen molar-refractivity contribution in [2.24, 2.45) is 0 Å². The Hall–Kier alpha value is -6.44. The van der Waals surface area contributed by atoms with Crippen LogP contribution in [0.2, 0.25) is 0 Å². The van der Waals surface area contributed by atoms with Gasteiger partial charge in [-0.3, -0.25) is 0 Å². The van der Waals surface area contributed by atoms with Crippen molar-refractivity contribution < 1.29 is 0 Å². The Labute approximate surface area is 287 Å². The van der Waals surface area contributed by atoms with Crippen LogP contribution in [0.5, 0.6) is 0 Å². The molecule has 0 N–H and O–H groups in total. The van der Waals surface area contributed by atoms with Gasteiger partial charge in [0.25, 0.3) is 0 Å². The Morgan fingerprint density at radius 2 is 0.714 bits per heavy atom. The first-order chi connectivity index (χ1) is 24.3. The molecule has 0 aliphatic heterocycles. The van der Waals surface area contributed by atoms with Crippen LogP contribution >= 0.6 is 0 Å². The first-order valence-corrected chi connectivity index (χ1v) is 16.8. The first kappa shape index (κ1) is 28.8. The van der Waals surface area contributed by atoms with Crippen LogP contribution in [-0.4, -0.2) is 0 Å². The van der Waals surface area contributed by atoms with Gasteiger partial charge in [-0.1, -0.05) is 152 Å². The molecule has 0 aliphatic carbocycles. The van der Waals surface area contributed by atoms with E-state index in [1.165, 1.54) is 65.7 Å². The van der Waals surface area contributed by atoms with Crippen LogP contribution in [0.4, 0.5) is 17.1 Å². The Morgan fingerprint density at radius 1 is 0.245 bits per heavy atom. The van der Waals surface area contributed by atoms with Crippen molar-refractivity contribution in [1.29, 1.82) is 0 Å². The molecule has 9 aromatic carbocycles. The molecule has 0 atom stereocenters. The standard InChI is InChI=1S/C48H33N/c1-3-11-34(12-4-1)36-21-26-42(27-22-36)49(43-28-23-37(24-29-43)35-13-5-2-6-14-35)44-30-25-38-19-20-40(31-41(38)32-44)48-33-39-15-7-8-16-45(39)46-17-9-10-18-47(46)48/h1-33H. The summed E-state index contributed by atoms with van der Waals surface area (Å²) in [5.41, 5.74) is 10.7. The highest BCUT2D eigenvalue weighted by Gasteiger charge is 2.15. The summed E-state index contributed by atoms with van der Waals surface area (Å²) < 4.78 is 0. The zero-order valence-electron chi connectivity index (χ0n) is 27.0. The number of rotatable bonds is 6. The third kappa shape index (κ3) is 5.42. The molecular weight excluding hydrogens is 591 g/mol. The molecule has 0 spiro atoms. The lowest BCUT2D eigenvalue weighted by Crippen LogP contribution is -2.09. The largest absolute Gasteiger partial charge is 0.310 e. The smallest absolute Gasteiger partial charge is 0.0468 e. The van der Waals surface area contributed by atoms with Crippen LogP contribution in [0.1, 0.15) is 0 Å². The van der Waals surface area contributed by atoms with E-state index in [0.717, 1.165) is 17.1 Å². The lowest BCUT2D eigenvalue weighted by atomic mass is 9.92. The summed E-state index contributed by atoms with van der Waals surface area (Å²) in [6.45, 7) is 0. The molecule has 0 aromatic heterocycles. The maximum Gasteiger partial charge on any atom is 0.0468 e. The summed E-state index contributed by atoms with van der Waals surface area (Å²) in [6, 6.07) is 72.4. The molecule has 0 aliphatic rings. The van der Waals surface area contributed by atoms with Gasteiger partial charge in [0.1, 0.15) is 0 Å². The van der Waals surface area contributed by atoms with Crippen LogP contribution in [0, 0.1) is 0 Å². The predicted molar refractivity (Wildman–Crippen MR) is 210 cm³/mol. The topological polar surface area (TPSA) is 3.24 Å². The van der Waals surface area contributed by atoms with Crippen molar-refractivity contribution in [3.05, 3.63) is 200 Å². The van der Waals surface area contributed by atoms with E-state index in [2.05, 4.69) is 205 Å². The predicted octanol–water partition coefficient (Wildman–Crippen LogP) is 13.6. The zero-order chi connectivity index (χ0) is 32.6. The number of fused-ring (bicyclic) bond motifs is 4. The van der Waals surface area contributed by atoms with Crippen LogP contribution in [-0.2, 0) is 0 Å². The molecule has 49 heavy (non-hydrogen) atoms. The molecule has 9 aromatic rings. The van der Waals surface area contributed by atoms with E-state index in [1.54, 1.807) is 0 Å². The van der Waals surface area contributed by atoms with Crippen molar-refractivity contribution in [1.82, 2.24) is 0 Å². The molecule has 0 bridgehead atoms. The second-order valence-electron chi connectivity index (χ2n) is 12.6. The van der Waals surface area contributed by atoms with Gasteiger partial charge in [-0.15, -0.1) is 0 Å². The van der Waals surface area contributed by atoms with E-state index in [-0.39, 0.29) is 0 Å². The summed E-state index contributed by atoms with van der Waals surface area (Å²) in [5, 5.41) is 7.53. The number of hydrogen-bond acceptors (Lipinski definition) is 1. The normalized spacial score (nSPS) is 11.3. The number of nitrogens with zero attached hydrogens (tertiary/aromatic N) is 1. The summed E-state index contributed by atoms with van der Waals surface area (Å²) in [4.78, 5) is 2.36. The molecule has 0 saturated carbocycles. The van der Waals surface area contributed by atoms with Crippen molar-refractivity contribution in [3.63, 3.8) is 0 Å². The van der Waals surface area contributed by atoms with E-state index in [9.17, 15) is 0 Å². The Bertz CT molecular complexity index is 2490. The quantitative estimate of drug-likeness (QED) is 0.167. The second-order valence-corrected chi connectivity index (χ2v) is 12.6. The lowest BCUT2D eigenvalue weighted by molar-refractivity contribution is 1.29. The van der Waals surface area contributed by atoms with Crippen molar-refractivity contribution in [2.45, 2.75) is 0 Å². The molecule has 0 heterocycles. The van der Waals surface area contributed by atoms with Gasteiger partial charge < -0.3 is 4.90 Å². The minimum Gasteiger partial charge on any atom is -0.310 e. The van der Waals surface area contributed by atoms with Crippen LogP contribution in [0.25, 0.3) is 65.7 Å². The molecule has 0 unspecified atom stereocenters. The average molecular weight is 624 g/mol. The van der Waals surface area contributed by atoms with E-state index in [4.69, 9.17) is 0 Å². The maximum atomic E-state index is 2.36. The highest BCUT2D eigenvalue weighted by atomic mass is 15.1. The minimum atomic E-state index is 1.11. The van der Waals surface area contributed by atoms with E-state index < -0.39 is 0 Å². The van der Waals surface area contributed by atoms with Gasteiger partial charge in [0, 0.05) is 17.1 Å². The molecule has 0 radical (unpaired) electrons.